The first-order valence-corrected chi connectivity index (χ1v) is 11.7. The maximum absolute atomic E-state index is 13.0. The Labute approximate surface area is 202 Å². The molecule has 1 fully saturated rings. The number of benzene rings is 1. The standard InChI is InChI=1S/C26H27N5O4/c1-18-5-6-20(16-19(18)2)21-17-22-25(33)29(13-14-31(22)27-21)8-7-24(32)28-9-11-30(12-10-28)26(34)23-4-3-15-35-23/h3-6,13-17H,7-12H2,1-2H3. The van der Waals surface area contributed by atoms with Gasteiger partial charge in [-0.05, 0) is 49.2 Å². The van der Waals surface area contributed by atoms with E-state index in [9.17, 15) is 14.4 Å². The SMILES string of the molecule is Cc1ccc(-c2cc3c(=O)n(CCC(=O)N4CCN(C(=O)c5ccco5)CC4)ccn3n2)cc1C. The Morgan fingerprint density at radius 2 is 1.74 bits per heavy atom. The van der Waals surface area contributed by atoms with Crippen molar-refractivity contribution < 1.29 is 14.0 Å². The van der Waals surface area contributed by atoms with Gasteiger partial charge in [-0.1, -0.05) is 12.1 Å². The predicted octanol–water partition coefficient (Wildman–Crippen LogP) is 2.75. The molecule has 2 amide bonds. The molecule has 4 heterocycles. The summed E-state index contributed by atoms with van der Waals surface area (Å²) in [6.45, 7) is 6.22. The summed E-state index contributed by atoms with van der Waals surface area (Å²) < 4.78 is 8.31. The average molecular weight is 474 g/mol. The molecule has 0 atom stereocenters. The Balaban J connectivity index is 1.22. The van der Waals surface area contributed by atoms with Crippen molar-refractivity contribution in [2.45, 2.75) is 26.8 Å². The second-order valence-corrected chi connectivity index (χ2v) is 8.86. The Hall–Kier alpha value is -4.14. The lowest BCUT2D eigenvalue weighted by atomic mass is 10.0. The fourth-order valence-corrected chi connectivity index (χ4v) is 4.33. The van der Waals surface area contributed by atoms with Crippen LogP contribution < -0.4 is 5.56 Å². The highest BCUT2D eigenvalue weighted by atomic mass is 16.3. The third-order valence-corrected chi connectivity index (χ3v) is 6.62. The lowest BCUT2D eigenvalue weighted by Crippen LogP contribution is -2.50. The number of piperazine rings is 1. The Morgan fingerprint density at radius 3 is 2.46 bits per heavy atom. The fraction of sp³-hybridized carbons (Fsp3) is 0.308. The normalized spacial score (nSPS) is 14.0. The highest BCUT2D eigenvalue weighted by molar-refractivity contribution is 5.91. The van der Waals surface area contributed by atoms with Crippen LogP contribution in [0.3, 0.4) is 0 Å². The van der Waals surface area contributed by atoms with Gasteiger partial charge in [0.2, 0.25) is 5.91 Å². The van der Waals surface area contributed by atoms with E-state index >= 15 is 0 Å². The molecule has 4 aromatic rings. The largest absolute Gasteiger partial charge is 0.459 e. The van der Waals surface area contributed by atoms with E-state index in [1.807, 2.05) is 12.1 Å². The van der Waals surface area contributed by atoms with Crippen molar-refractivity contribution in [3.8, 4) is 11.3 Å². The lowest BCUT2D eigenvalue weighted by molar-refractivity contribution is -0.132. The van der Waals surface area contributed by atoms with E-state index in [2.05, 4.69) is 25.0 Å². The van der Waals surface area contributed by atoms with E-state index < -0.39 is 0 Å². The van der Waals surface area contributed by atoms with Crippen molar-refractivity contribution >= 4 is 17.3 Å². The summed E-state index contributed by atoms with van der Waals surface area (Å²) >= 11 is 0. The van der Waals surface area contributed by atoms with Gasteiger partial charge in [0.05, 0.1) is 12.0 Å². The molecule has 0 radical (unpaired) electrons. The van der Waals surface area contributed by atoms with Crippen LogP contribution in [0.5, 0.6) is 0 Å². The number of aromatic nitrogens is 3. The minimum Gasteiger partial charge on any atom is -0.459 e. The molecule has 0 N–H and O–H groups in total. The van der Waals surface area contributed by atoms with Crippen LogP contribution in [0.2, 0.25) is 0 Å². The van der Waals surface area contributed by atoms with Crippen LogP contribution in [0.4, 0.5) is 0 Å². The van der Waals surface area contributed by atoms with Gasteiger partial charge in [-0.15, -0.1) is 0 Å². The van der Waals surface area contributed by atoms with Crippen molar-refractivity contribution in [2.75, 3.05) is 26.2 Å². The number of fused-ring (bicyclic) bond motifs is 1. The molecule has 1 aliphatic rings. The molecule has 0 saturated carbocycles. The molecule has 0 spiro atoms. The lowest BCUT2D eigenvalue weighted by Gasteiger charge is -2.34. The molecule has 9 nitrogen and oxygen atoms in total. The van der Waals surface area contributed by atoms with Crippen LogP contribution in [-0.2, 0) is 11.3 Å². The van der Waals surface area contributed by atoms with Crippen LogP contribution >= 0.6 is 0 Å². The van der Waals surface area contributed by atoms with Gasteiger partial charge in [-0.25, -0.2) is 4.52 Å². The van der Waals surface area contributed by atoms with Crippen LogP contribution in [0, 0.1) is 13.8 Å². The molecule has 0 aliphatic carbocycles. The smallest absolute Gasteiger partial charge is 0.289 e. The Kier molecular flexibility index (Phi) is 5.98. The number of aryl methyl sites for hydroxylation is 3. The summed E-state index contributed by atoms with van der Waals surface area (Å²) in [7, 11) is 0. The molecule has 9 heteroatoms. The van der Waals surface area contributed by atoms with E-state index in [0.717, 1.165) is 11.3 Å². The van der Waals surface area contributed by atoms with Crippen molar-refractivity contribution in [3.05, 3.63) is 82.3 Å². The molecule has 180 valence electrons. The number of nitrogens with zero attached hydrogens (tertiary/aromatic N) is 5. The molecule has 1 aromatic carbocycles. The molecule has 3 aromatic heterocycles. The summed E-state index contributed by atoms with van der Waals surface area (Å²) in [6, 6.07) is 11.2. The molecule has 0 unspecified atom stereocenters. The fourth-order valence-electron chi connectivity index (χ4n) is 4.33. The second-order valence-electron chi connectivity index (χ2n) is 8.86. The topological polar surface area (TPSA) is 93.1 Å². The van der Waals surface area contributed by atoms with Gasteiger partial charge in [0.1, 0.15) is 5.52 Å². The number of rotatable bonds is 5. The van der Waals surface area contributed by atoms with Crippen LogP contribution in [0.15, 0.2) is 64.3 Å². The average Bonchev–Trinajstić information content (AvgIpc) is 3.56. The van der Waals surface area contributed by atoms with Crippen LogP contribution in [0.25, 0.3) is 16.8 Å². The molecule has 1 aliphatic heterocycles. The van der Waals surface area contributed by atoms with E-state index in [1.54, 1.807) is 49.5 Å². The minimum atomic E-state index is -0.184. The second kappa shape index (κ2) is 9.25. The van der Waals surface area contributed by atoms with E-state index in [-0.39, 0.29) is 30.3 Å². The predicted molar refractivity (Wildman–Crippen MR) is 130 cm³/mol. The van der Waals surface area contributed by atoms with Gasteiger partial charge < -0.3 is 18.8 Å². The first-order valence-electron chi connectivity index (χ1n) is 11.7. The monoisotopic (exact) mass is 473 g/mol. The van der Waals surface area contributed by atoms with Crippen molar-refractivity contribution in [1.29, 1.82) is 0 Å². The zero-order valence-corrected chi connectivity index (χ0v) is 19.8. The first kappa shape index (κ1) is 22.6. The summed E-state index contributed by atoms with van der Waals surface area (Å²) in [5, 5.41) is 4.55. The Bertz CT molecular complexity index is 1440. The maximum atomic E-state index is 13.0. The van der Waals surface area contributed by atoms with Crippen molar-refractivity contribution in [2.24, 2.45) is 0 Å². The molecular formula is C26H27N5O4. The van der Waals surface area contributed by atoms with E-state index in [1.165, 1.54) is 17.4 Å². The highest BCUT2D eigenvalue weighted by Crippen LogP contribution is 2.21. The van der Waals surface area contributed by atoms with Gasteiger partial charge in [-0.3, -0.25) is 14.4 Å². The first-order chi connectivity index (χ1) is 16.9. The zero-order chi connectivity index (χ0) is 24.5. The molecule has 0 bridgehead atoms. The number of carbonyl (C=O) groups excluding carboxylic acids is 2. The third kappa shape index (κ3) is 4.49. The number of furan rings is 1. The molecule has 1 saturated heterocycles. The maximum Gasteiger partial charge on any atom is 0.289 e. The Morgan fingerprint density at radius 1 is 0.971 bits per heavy atom. The van der Waals surface area contributed by atoms with E-state index in [4.69, 9.17) is 4.42 Å². The van der Waals surface area contributed by atoms with Gasteiger partial charge in [0.15, 0.2) is 5.76 Å². The quantitative estimate of drug-likeness (QED) is 0.444. The zero-order valence-electron chi connectivity index (χ0n) is 19.8. The number of hydrogen-bond acceptors (Lipinski definition) is 5. The number of amides is 2. The van der Waals surface area contributed by atoms with Crippen LogP contribution in [-0.4, -0.2) is 62.0 Å². The summed E-state index contributed by atoms with van der Waals surface area (Å²) in [5.74, 6) is 0.106. The van der Waals surface area contributed by atoms with Crippen LogP contribution in [0.1, 0.15) is 28.1 Å². The van der Waals surface area contributed by atoms with Gasteiger partial charge in [-0.2, -0.15) is 5.10 Å². The van der Waals surface area contributed by atoms with Gasteiger partial charge in [0, 0.05) is 57.1 Å². The molecule has 5 rings (SSSR count). The third-order valence-electron chi connectivity index (χ3n) is 6.62. The van der Waals surface area contributed by atoms with E-state index in [0.29, 0.717) is 37.5 Å². The summed E-state index contributed by atoms with van der Waals surface area (Å²) in [4.78, 5) is 41.6. The molecule has 35 heavy (non-hydrogen) atoms. The molecular weight excluding hydrogens is 446 g/mol. The minimum absolute atomic E-state index is 0.0359. The van der Waals surface area contributed by atoms with Crippen molar-refractivity contribution in [1.82, 2.24) is 24.0 Å². The van der Waals surface area contributed by atoms with Gasteiger partial charge >= 0.3 is 0 Å². The summed E-state index contributed by atoms with van der Waals surface area (Å²) in [5.41, 5.74) is 4.36. The summed E-state index contributed by atoms with van der Waals surface area (Å²) in [6.07, 6.45) is 5.09. The number of carbonyl (C=O) groups is 2. The van der Waals surface area contributed by atoms with Crippen molar-refractivity contribution in [3.63, 3.8) is 0 Å². The van der Waals surface area contributed by atoms with Gasteiger partial charge in [0.25, 0.3) is 11.5 Å². The number of hydrogen-bond donors (Lipinski definition) is 0. The highest BCUT2D eigenvalue weighted by Gasteiger charge is 2.26.